The molecule has 9 nitrogen and oxygen atoms in total. The molecule has 3 rings (SSSR count). The maximum atomic E-state index is 12.7. The molecule has 0 aliphatic heterocycles. The Morgan fingerprint density at radius 1 is 1.09 bits per heavy atom. The maximum Gasteiger partial charge on any atom is 0.338 e. The largest absolute Gasteiger partial charge is 0.493 e. The third-order valence-corrected chi connectivity index (χ3v) is 7.19. The molecule has 0 aliphatic rings. The summed E-state index contributed by atoms with van der Waals surface area (Å²) in [7, 11) is 0.898. The summed E-state index contributed by atoms with van der Waals surface area (Å²) in [6, 6.07) is 9.72. The van der Waals surface area contributed by atoms with Crippen LogP contribution >= 0.6 is 0 Å². The first kappa shape index (κ1) is 25.5. The first-order valence-electron chi connectivity index (χ1n) is 11.1. The van der Waals surface area contributed by atoms with E-state index in [2.05, 4.69) is 11.9 Å². The molecular formula is C24H31N3O6S. The number of sulfonamides is 1. The molecule has 1 heterocycles. The molecule has 3 aromatic rings. The third-order valence-electron chi connectivity index (χ3n) is 5.38. The van der Waals surface area contributed by atoms with Gasteiger partial charge in [0.05, 0.1) is 35.2 Å². The van der Waals surface area contributed by atoms with Gasteiger partial charge in [-0.3, -0.25) is 0 Å². The highest BCUT2D eigenvalue weighted by Crippen LogP contribution is 2.29. The van der Waals surface area contributed by atoms with Gasteiger partial charge in [-0.05, 0) is 49.7 Å². The zero-order chi connectivity index (χ0) is 24.9. The Balaban J connectivity index is 1.79. The number of carbonyl (C=O) groups is 1. The van der Waals surface area contributed by atoms with E-state index in [1.807, 2.05) is 11.5 Å². The van der Waals surface area contributed by atoms with Crippen LogP contribution in [0.5, 0.6) is 11.5 Å². The molecule has 0 atom stereocenters. The highest BCUT2D eigenvalue weighted by atomic mass is 32.2. The predicted octanol–water partition coefficient (Wildman–Crippen LogP) is 3.85. The summed E-state index contributed by atoms with van der Waals surface area (Å²) < 4.78 is 44.5. The number of benzene rings is 2. The molecule has 184 valence electrons. The van der Waals surface area contributed by atoms with Crippen LogP contribution in [0.2, 0.25) is 0 Å². The van der Waals surface area contributed by atoms with Gasteiger partial charge in [-0.2, -0.15) is 0 Å². The van der Waals surface area contributed by atoms with Crippen molar-refractivity contribution in [2.75, 3.05) is 27.8 Å². The molecule has 0 bridgehead atoms. The van der Waals surface area contributed by atoms with Crippen molar-refractivity contribution in [3.8, 4) is 11.5 Å². The zero-order valence-electron chi connectivity index (χ0n) is 20.2. The molecule has 0 saturated heterocycles. The molecule has 1 aromatic heterocycles. The predicted molar refractivity (Wildman–Crippen MR) is 129 cm³/mol. The van der Waals surface area contributed by atoms with E-state index >= 15 is 0 Å². The molecule has 10 heteroatoms. The normalized spacial score (nSPS) is 11.7. The van der Waals surface area contributed by atoms with E-state index in [-0.39, 0.29) is 11.5 Å². The summed E-state index contributed by atoms with van der Waals surface area (Å²) in [6.45, 7) is 5.12. The number of imidazole rings is 1. The van der Waals surface area contributed by atoms with E-state index in [9.17, 15) is 13.2 Å². The van der Waals surface area contributed by atoms with Gasteiger partial charge in [0.1, 0.15) is 12.4 Å². The molecule has 0 saturated carbocycles. The quantitative estimate of drug-likeness (QED) is 0.298. The topological polar surface area (TPSA) is 100.0 Å². The number of carbonyl (C=O) groups excluding carboxylic acids is 1. The van der Waals surface area contributed by atoms with E-state index in [0.29, 0.717) is 41.6 Å². The number of aromatic nitrogens is 2. The lowest BCUT2D eigenvalue weighted by atomic mass is 10.2. The van der Waals surface area contributed by atoms with Crippen LogP contribution in [0.1, 0.15) is 42.9 Å². The van der Waals surface area contributed by atoms with E-state index < -0.39 is 16.0 Å². The van der Waals surface area contributed by atoms with Gasteiger partial charge in [0.2, 0.25) is 10.0 Å². The number of fused-ring (bicyclic) bond motifs is 1. The second kappa shape index (κ2) is 10.9. The van der Waals surface area contributed by atoms with Gasteiger partial charge in [0.25, 0.3) is 0 Å². The van der Waals surface area contributed by atoms with E-state index in [1.54, 1.807) is 30.3 Å². The Morgan fingerprint density at radius 3 is 2.50 bits per heavy atom. The minimum Gasteiger partial charge on any atom is -0.493 e. The lowest BCUT2D eigenvalue weighted by Gasteiger charge is -2.12. The fourth-order valence-electron chi connectivity index (χ4n) is 3.45. The van der Waals surface area contributed by atoms with Gasteiger partial charge in [-0.15, -0.1) is 0 Å². The van der Waals surface area contributed by atoms with Crippen molar-refractivity contribution in [2.24, 2.45) is 0 Å². The zero-order valence-corrected chi connectivity index (χ0v) is 21.0. The molecule has 2 aromatic carbocycles. The Kier molecular flexibility index (Phi) is 8.16. The van der Waals surface area contributed by atoms with Crippen LogP contribution < -0.4 is 9.47 Å². The lowest BCUT2D eigenvalue weighted by molar-refractivity contribution is 0.0458. The summed E-state index contributed by atoms with van der Waals surface area (Å²) >= 11 is 0. The number of rotatable bonds is 11. The summed E-state index contributed by atoms with van der Waals surface area (Å²) in [5.41, 5.74) is 1.62. The highest BCUT2D eigenvalue weighted by Gasteiger charge is 2.20. The highest BCUT2D eigenvalue weighted by molar-refractivity contribution is 7.89. The third kappa shape index (κ3) is 5.34. The van der Waals surface area contributed by atoms with E-state index in [0.717, 1.165) is 22.7 Å². The summed E-state index contributed by atoms with van der Waals surface area (Å²) in [5.74, 6) is 1.03. The fraction of sp³-hybridized carbons (Fsp3) is 0.417. The monoisotopic (exact) mass is 489 g/mol. The smallest absolute Gasteiger partial charge is 0.338 e. The van der Waals surface area contributed by atoms with Crippen molar-refractivity contribution < 1.29 is 27.4 Å². The number of unbranched alkanes of at least 4 members (excludes halogenated alkanes) is 1. The summed E-state index contributed by atoms with van der Waals surface area (Å²) in [4.78, 5) is 17.4. The molecule has 0 fully saturated rings. The Bertz CT molecular complexity index is 1270. The van der Waals surface area contributed by atoms with Gasteiger partial charge in [0, 0.05) is 20.6 Å². The van der Waals surface area contributed by atoms with Gasteiger partial charge in [-0.25, -0.2) is 22.5 Å². The van der Waals surface area contributed by atoms with Crippen LogP contribution in [-0.2, 0) is 27.9 Å². The van der Waals surface area contributed by atoms with E-state index in [4.69, 9.17) is 14.2 Å². The SMILES string of the molecule is CCCCOc1ccc(C(=O)OCc2nc3cc(S(=O)(=O)N(C)C)ccc3n2CC)cc1OC. The van der Waals surface area contributed by atoms with Crippen molar-refractivity contribution in [3.63, 3.8) is 0 Å². The molecule has 0 aliphatic carbocycles. The molecule has 0 spiro atoms. The average molecular weight is 490 g/mol. The van der Waals surface area contributed by atoms with Crippen molar-refractivity contribution in [2.45, 2.75) is 44.7 Å². The second-order valence-electron chi connectivity index (χ2n) is 7.85. The number of esters is 1. The van der Waals surface area contributed by atoms with Crippen LogP contribution in [0.25, 0.3) is 11.0 Å². The van der Waals surface area contributed by atoms with Crippen molar-refractivity contribution in [1.82, 2.24) is 13.9 Å². The molecule has 0 unspecified atom stereocenters. The van der Waals surface area contributed by atoms with Gasteiger partial charge >= 0.3 is 5.97 Å². The summed E-state index contributed by atoms with van der Waals surface area (Å²) in [6.07, 6.45) is 1.94. The molecule has 0 amide bonds. The molecule has 0 radical (unpaired) electrons. The van der Waals surface area contributed by atoms with Crippen LogP contribution in [-0.4, -0.2) is 56.1 Å². The Morgan fingerprint density at radius 2 is 1.85 bits per heavy atom. The number of ether oxygens (including phenoxy) is 3. The average Bonchev–Trinajstić information content (AvgIpc) is 3.19. The fourth-order valence-corrected chi connectivity index (χ4v) is 4.37. The van der Waals surface area contributed by atoms with Crippen LogP contribution in [0.15, 0.2) is 41.3 Å². The maximum absolute atomic E-state index is 12.7. The van der Waals surface area contributed by atoms with Crippen LogP contribution in [0.3, 0.4) is 0 Å². The van der Waals surface area contributed by atoms with Crippen molar-refractivity contribution in [3.05, 3.63) is 47.8 Å². The van der Waals surface area contributed by atoms with E-state index in [1.165, 1.54) is 27.3 Å². The standard InChI is InChI=1S/C24H31N3O6S/c1-6-8-13-32-21-12-9-17(14-22(21)31-5)24(28)33-16-23-25-19-15-18(34(29,30)26(3)4)10-11-20(19)27(23)7-2/h9-12,14-15H,6-8,13,16H2,1-5H3. The second-order valence-corrected chi connectivity index (χ2v) is 10.0. The number of aryl methyl sites for hydroxylation is 1. The minimum absolute atomic E-state index is 0.0613. The Labute approximate surface area is 200 Å². The number of nitrogens with zero attached hydrogens (tertiary/aromatic N) is 3. The van der Waals surface area contributed by atoms with Crippen molar-refractivity contribution in [1.29, 1.82) is 0 Å². The molecule has 0 N–H and O–H groups in total. The first-order valence-corrected chi connectivity index (χ1v) is 12.6. The Hall–Kier alpha value is -3.11. The van der Waals surface area contributed by atoms with Gasteiger partial charge in [0.15, 0.2) is 11.5 Å². The van der Waals surface area contributed by atoms with Gasteiger partial charge < -0.3 is 18.8 Å². The number of methoxy groups -OCH3 is 1. The number of hydrogen-bond donors (Lipinski definition) is 0. The van der Waals surface area contributed by atoms with Crippen LogP contribution in [0.4, 0.5) is 0 Å². The summed E-state index contributed by atoms with van der Waals surface area (Å²) in [5, 5.41) is 0. The lowest BCUT2D eigenvalue weighted by Crippen LogP contribution is -2.22. The first-order chi connectivity index (χ1) is 16.2. The van der Waals surface area contributed by atoms with Crippen molar-refractivity contribution >= 4 is 27.0 Å². The molecule has 34 heavy (non-hydrogen) atoms. The van der Waals surface area contributed by atoms with Gasteiger partial charge in [-0.1, -0.05) is 13.3 Å². The number of hydrogen-bond acceptors (Lipinski definition) is 7. The van der Waals surface area contributed by atoms with Crippen LogP contribution in [0, 0.1) is 0 Å². The molecular weight excluding hydrogens is 458 g/mol. The minimum atomic E-state index is -3.58.